The van der Waals surface area contributed by atoms with Crippen molar-refractivity contribution >= 4 is 17.2 Å². The Morgan fingerprint density at radius 3 is 2.52 bits per heavy atom. The Kier molecular flexibility index (Phi) is 5.03. The van der Waals surface area contributed by atoms with Crippen molar-refractivity contribution in [3.8, 4) is 0 Å². The monoisotopic (exact) mass is 336 g/mol. The van der Waals surface area contributed by atoms with Gasteiger partial charge in [-0.3, -0.25) is 9.78 Å². The number of nitrogens with zero attached hydrogens (tertiary/aromatic N) is 4. The molecule has 1 amide bonds. The van der Waals surface area contributed by atoms with Gasteiger partial charge in [-0.2, -0.15) is 0 Å². The number of anilines is 1. The van der Waals surface area contributed by atoms with Crippen LogP contribution in [0.25, 0.3) is 5.52 Å². The van der Waals surface area contributed by atoms with Gasteiger partial charge in [0.2, 0.25) is 0 Å². The predicted octanol–water partition coefficient (Wildman–Crippen LogP) is 3.45. The first-order chi connectivity index (χ1) is 12.1. The van der Waals surface area contributed by atoms with Gasteiger partial charge in [0.05, 0.1) is 17.8 Å². The number of hydrogen-bond acceptors (Lipinski definition) is 3. The molecule has 0 N–H and O–H groups in total. The minimum absolute atomic E-state index is 0.00764. The van der Waals surface area contributed by atoms with E-state index in [4.69, 9.17) is 0 Å². The molecule has 0 saturated carbocycles. The molecule has 5 heteroatoms. The summed E-state index contributed by atoms with van der Waals surface area (Å²) in [5.41, 5.74) is 2.64. The van der Waals surface area contributed by atoms with Crippen LogP contribution in [0, 0.1) is 0 Å². The zero-order valence-corrected chi connectivity index (χ0v) is 15.0. The van der Waals surface area contributed by atoms with Crippen LogP contribution in [-0.2, 0) is 6.54 Å². The minimum Gasteiger partial charge on any atom is -0.358 e. The lowest BCUT2D eigenvalue weighted by atomic mass is 10.2. The lowest BCUT2D eigenvalue weighted by molar-refractivity contribution is 0.0783. The summed E-state index contributed by atoms with van der Waals surface area (Å²) in [5.74, 6) is 1.11. The van der Waals surface area contributed by atoms with Crippen LogP contribution >= 0.6 is 0 Å². The first kappa shape index (κ1) is 17.0. The lowest BCUT2D eigenvalue weighted by Gasteiger charge is -2.21. The number of hydrogen-bond donors (Lipinski definition) is 0. The van der Waals surface area contributed by atoms with Crippen LogP contribution in [0.15, 0.2) is 54.9 Å². The predicted molar refractivity (Wildman–Crippen MR) is 101 cm³/mol. The molecule has 0 aliphatic rings. The molecule has 0 radical (unpaired) electrons. The van der Waals surface area contributed by atoms with Gasteiger partial charge in [0.25, 0.3) is 5.91 Å². The van der Waals surface area contributed by atoms with E-state index in [0.717, 1.165) is 30.1 Å². The highest BCUT2D eigenvalue weighted by Crippen LogP contribution is 2.21. The average molecular weight is 336 g/mol. The molecular weight excluding hydrogens is 312 g/mol. The van der Waals surface area contributed by atoms with Crippen molar-refractivity contribution in [3.63, 3.8) is 0 Å². The molecule has 0 saturated heterocycles. The fraction of sp³-hybridized carbons (Fsp3) is 0.300. The summed E-state index contributed by atoms with van der Waals surface area (Å²) >= 11 is 0. The Bertz CT molecular complexity index is 853. The summed E-state index contributed by atoms with van der Waals surface area (Å²) in [7, 11) is 1.81. The number of fused-ring (bicyclic) bond motifs is 1. The summed E-state index contributed by atoms with van der Waals surface area (Å²) < 4.78 is 2.09. The highest BCUT2D eigenvalue weighted by atomic mass is 16.2. The number of pyridine rings is 2. The molecule has 0 bridgehead atoms. The van der Waals surface area contributed by atoms with Gasteiger partial charge in [0.15, 0.2) is 0 Å². The molecule has 25 heavy (non-hydrogen) atoms. The summed E-state index contributed by atoms with van der Waals surface area (Å²) in [4.78, 5) is 21.1. The van der Waals surface area contributed by atoms with Gasteiger partial charge in [-0.05, 0) is 50.2 Å². The van der Waals surface area contributed by atoms with Crippen LogP contribution in [0.1, 0.15) is 29.9 Å². The van der Waals surface area contributed by atoms with Crippen LogP contribution in [0.2, 0.25) is 0 Å². The Balaban J connectivity index is 1.87. The van der Waals surface area contributed by atoms with E-state index in [0.29, 0.717) is 12.1 Å². The van der Waals surface area contributed by atoms with Crippen LogP contribution in [-0.4, -0.2) is 40.3 Å². The van der Waals surface area contributed by atoms with Gasteiger partial charge >= 0.3 is 0 Å². The third-order valence-corrected chi connectivity index (χ3v) is 4.44. The zero-order valence-electron chi connectivity index (χ0n) is 15.0. The molecule has 5 nitrogen and oxygen atoms in total. The average Bonchev–Trinajstić information content (AvgIpc) is 3.06. The molecule has 0 aliphatic heterocycles. The molecule has 130 valence electrons. The first-order valence-corrected chi connectivity index (χ1v) is 8.65. The number of carbonyl (C=O) groups is 1. The van der Waals surface area contributed by atoms with Crippen molar-refractivity contribution in [1.29, 1.82) is 0 Å². The van der Waals surface area contributed by atoms with Crippen molar-refractivity contribution in [2.24, 2.45) is 0 Å². The smallest absolute Gasteiger partial charge is 0.255 e. The Hall–Kier alpha value is -2.82. The highest BCUT2D eigenvalue weighted by molar-refractivity contribution is 5.94. The normalized spacial score (nSPS) is 10.8. The third-order valence-electron chi connectivity index (χ3n) is 4.44. The summed E-state index contributed by atoms with van der Waals surface area (Å²) in [6.07, 6.45) is 3.68. The number of amides is 1. The number of carbonyl (C=O) groups excluding carboxylic acids is 1. The second-order valence-electron chi connectivity index (χ2n) is 6.06. The molecule has 0 aromatic carbocycles. The maximum absolute atomic E-state index is 12.8. The molecular formula is C20H24N4O. The standard InChI is InChI=1S/C20H24N4O/c1-4-23(5-2)19-12-11-18-10-9-16(14-24(18)19)20(25)22(3)15-17-8-6-7-13-21-17/h6-14H,4-5,15H2,1-3H3. The second-order valence-corrected chi connectivity index (χ2v) is 6.06. The molecule has 0 atom stereocenters. The molecule has 0 unspecified atom stereocenters. The van der Waals surface area contributed by atoms with Crippen LogP contribution in [0.4, 0.5) is 5.82 Å². The van der Waals surface area contributed by atoms with Gasteiger partial charge in [0.1, 0.15) is 5.82 Å². The molecule has 3 heterocycles. The van der Waals surface area contributed by atoms with Crippen LogP contribution in [0.5, 0.6) is 0 Å². The lowest BCUT2D eigenvalue weighted by Crippen LogP contribution is -2.27. The van der Waals surface area contributed by atoms with E-state index in [1.54, 1.807) is 11.1 Å². The van der Waals surface area contributed by atoms with Gasteiger partial charge in [-0.1, -0.05) is 6.07 Å². The quantitative estimate of drug-likeness (QED) is 0.692. The zero-order chi connectivity index (χ0) is 17.8. The molecule has 3 aromatic rings. The maximum atomic E-state index is 12.8. The van der Waals surface area contributed by atoms with Crippen molar-refractivity contribution in [2.45, 2.75) is 20.4 Å². The van der Waals surface area contributed by atoms with Gasteiger partial charge in [-0.25, -0.2) is 0 Å². The minimum atomic E-state index is -0.00764. The van der Waals surface area contributed by atoms with E-state index in [1.165, 1.54) is 0 Å². The fourth-order valence-corrected chi connectivity index (χ4v) is 3.05. The summed E-state index contributed by atoms with van der Waals surface area (Å²) in [5, 5.41) is 0. The Morgan fingerprint density at radius 2 is 1.84 bits per heavy atom. The third kappa shape index (κ3) is 3.50. The van der Waals surface area contributed by atoms with Crippen molar-refractivity contribution in [3.05, 3.63) is 66.1 Å². The largest absolute Gasteiger partial charge is 0.358 e. The summed E-state index contributed by atoms with van der Waals surface area (Å²) in [6.45, 7) is 6.63. The fourth-order valence-electron chi connectivity index (χ4n) is 3.05. The summed E-state index contributed by atoms with van der Waals surface area (Å²) in [6, 6.07) is 13.8. The van der Waals surface area contributed by atoms with Crippen LogP contribution < -0.4 is 4.90 Å². The first-order valence-electron chi connectivity index (χ1n) is 8.65. The van der Waals surface area contributed by atoms with Crippen LogP contribution in [0.3, 0.4) is 0 Å². The van der Waals surface area contributed by atoms with E-state index in [9.17, 15) is 4.79 Å². The topological polar surface area (TPSA) is 40.9 Å². The molecule has 3 rings (SSSR count). The molecule has 0 fully saturated rings. The number of rotatable bonds is 6. The Morgan fingerprint density at radius 1 is 1.08 bits per heavy atom. The maximum Gasteiger partial charge on any atom is 0.255 e. The van der Waals surface area contributed by atoms with Crippen molar-refractivity contribution in [1.82, 2.24) is 14.3 Å². The molecule has 0 spiro atoms. The second kappa shape index (κ2) is 7.38. The van der Waals surface area contributed by atoms with Crippen molar-refractivity contribution in [2.75, 3.05) is 25.0 Å². The van der Waals surface area contributed by atoms with Crippen molar-refractivity contribution < 1.29 is 4.79 Å². The Labute approximate surface area is 148 Å². The van der Waals surface area contributed by atoms with E-state index >= 15 is 0 Å². The van der Waals surface area contributed by atoms with E-state index in [1.807, 2.05) is 43.6 Å². The molecule has 0 aliphatic carbocycles. The van der Waals surface area contributed by atoms with Gasteiger partial charge < -0.3 is 14.2 Å². The molecule has 3 aromatic heterocycles. The van der Waals surface area contributed by atoms with Gasteiger partial charge in [0, 0.05) is 38.0 Å². The van der Waals surface area contributed by atoms with Gasteiger partial charge in [-0.15, -0.1) is 0 Å². The number of aromatic nitrogens is 2. The SMILES string of the molecule is CCN(CC)c1ccc2ccc(C(=O)N(C)Cc3ccccn3)cn12. The highest BCUT2D eigenvalue weighted by Gasteiger charge is 2.15. The van der Waals surface area contributed by atoms with E-state index < -0.39 is 0 Å². The van der Waals surface area contributed by atoms with E-state index in [2.05, 4.69) is 40.3 Å². The van der Waals surface area contributed by atoms with E-state index in [-0.39, 0.29) is 5.91 Å².